The molecule has 3 heteroatoms. The number of fused-ring (bicyclic) bond motifs is 1. The number of aliphatic hydroxyl groups is 2. The number of nitrogens with one attached hydrogen (secondary N) is 1. The summed E-state index contributed by atoms with van der Waals surface area (Å²) < 4.78 is 0. The second-order valence-corrected chi connectivity index (χ2v) is 2.97. The molecule has 0 saturated heterocycles. The fourth-order valence-electron chi connectivity index (χ4n) is 1.55. The van der Waals surface area contributed by atoms with Gasteiger partial charge in [-0.1, -0.05) is 12.1 Å². The highest BCUT2D eigenvalue weighted by molar-refractivity contribution is 5.85. The van der Waals surface area contributed by atoms with Crippen LogP contribution in [0.1, 0.15) is 11.1 Å². The lowest BCUT2D eigenvalue weighted by atomic mass is 10.1. The van der Waals surface area contributed by atoms with Crippen molar-refractivity contribution in [1.29, 1.82) is 0 Å². The molecule has 0 aliphatic heterocycles. The van der Waals surface area contributed by atoms with Gasteiger partial charge >= 0.3 is 0 Å². The van der Waals surface area contributed by atoms with Crippen molar-refractivity contribution < 1.29 is 10.2 Å². The fourth-order valence-corrected chi connectivity index (χ4v) is 1.55. The van der Waals surface area contributed by atoms with Crippen LogP contribution in [0.15, 0.2) is 24.4 Å². The minimum Gasteiger partial charge on any atom is -0.392 e. The second kappa shape index (κ2) is 3.20. The summed E-state index contributed by atoms with van der Waals surface area (Å²) in [5.74, 6) is 0. The van der Waals surface area contributed by atoms with E-state index >= 15 is 0 Å². The van der Waals surface area contributed by atoms with Gasteiger partial charge in [0.15, 0.2) is 0 Å². The van der Waals surface area contributed by atoms with Crippen LogP contribution in [0, 0.1) is 0 Å². The number of hydrogen-bond donors (Lipinski definition) is 3. The number of benzene rings is 1. The Balaban J connectivity index is 2.74. The van der Waals surface area contributed by atoms with E-state index in [-0.39, 0.29) is 13.2 Å². The average Bonchev–Trinajstić information content (AvgIpc) is 2.64. The lowest BCUT2D eigenvalue weighted by Crippen LogP contribution is -1.89. The molecule has 3 nitrogen and oxygen atoms in total. The highest BCUT2D eigenvalue weighted by Gasteiger charge is 2.04. The van der Waals surface area contributed by atoms with Crippen molar-refractivity contribution >= 4 is 10.9 Å². The van der Waals surface area contributed by atoms with Gasteiger partial charge in [0.1, 0.15) is 0 Å². The van der Waals surface area contributed by atoms with E-state index in [0.717, 1.165) is 22.0 Å². The number of aromatic nitrogens is 1. The van der Waals surface area contributed by atoms with Gasteiger partial charge in [0.25, 0.3) is 0 Å². The minimum atomic E-state index is 0.0166. The van der Waals surface area contributed by atoms with Crippen LogP contribution in [0.4, 0.5) is 0 Å². The van der Waals surface area contributed by atoms with Crippen molar-refractivity contribution in [2.75, 3.05) is 0 Å². The highest BCUT2D eigenvalue weighted by Crippen LogP contribution is 2.21. The Morgan fingerprint density at radius 1 is 1.00 bits per heavy atom. The molecule has 0 spiro atoms. The Bertz CT molecular complexity index is 382. The summed E-state index contributed by atoms with van der Waals surface area (Å²) in [6.07, 6.45) is 1.81. The summed E-state index contributed by atoms with van der Waals surface area (Å²) >= 11 is 0. The van der Waals surface area contributed by atoms with E-state index < -0.39 is 0 Å². The van der Waals surface area contributed by atoms with Gasteiger partial charge in [-0.05, 0) is 11.6 Å². The Kier molecular flexibility index (Phi) is 2.04. The van der Waals surface area contributed by atoms with Gasteiger partial charge in [-0.15, -0.1) is 0 Å². The molecule has 0 aliphatic rings. The number of aliphatic hydroxyl groups excluding tert-OH is 2. The maximum Gasteiger partial charge on any atom is 0.0702 e. The third kappa shape index (κ3) is 1.22. The Hall–Kier alpha value is -1.32. The predicted molar refractivity (Wildman–Crippen MR) is 50.1 cm³/mol. The van der Waals surface area contributed by atoms with Crippen LogP contribution in [0.25, 0.3) is 10.9 Å². The number of rotatable bonds is 2. The lowest BCUT2D eigenvalue weighted by molar-refractivity contribution is 0.280. The molecule has 0 radical (unpaired) electrons. The molecule has 1 heterocycles. The molecule has 0 saturated carbocycles. The van der Waals surface area contributed by atoms with Crippen LogP contribution in [0.2, 0.25) is 0 Å². The summed E-state index contributed by atoms with van der Waals surface area (Å²) in [6, 6.07) is 5.56. The lowest BCUT2D eigenvalue weighted by Gasteiger charge is -2.02. The van der Waals surface area contributed by atoms with Crippen molar-refractivity contribution in [2.45, 2.75) is 13.2 Å². The first-order valence-corrected chi connectivity index (χ1v) is 4.16. The van der Waals surface area contributed by atoms with E-state index in [2.05, 4.69) is 4.98 Å². The molecule has 1 aromatic heterocycles. The summed E-state index contributed by atoms with van der Waals surface area (Å²) in [5.41, 5.74) is 2.65. The molecule has 13 heavy (non-hydrogen) atoms. The fraction of sp³-hybridized carbons (Fsp3) is 0.200. The largest absolute Gasteiger partial charge is 0.392 e. The highest BCUT2D eigenvalue weighted by atomic mass is 16.3. The van der Waals surface area contributed by atoms with Gasteiger partial charge in [0.2, 0.25) is 0 Å². The molecule has 68 valence electrons. The minimum absolute atomic E-state index is 0.0166. The molecule has 2 aromatic rings. The molecule has 0 aliphatic carbocycles. The zero-order valence-corrected chi connectivity index (χ0v) is 7.12. The molecule has 0 atom stereocenters. The second-order valence-electron chi connectivity index (χ2n) is 2.97. The first-order valence-electron chi connectivity index (χ1n) is 4.16. The van der Waals surface area contributed by atoms with E-state index in [4.69, 9.17) is 10.2 Å². The van der Waals surface area contributed by atoms with Gasteiger partial charge in [-0.25, -0.2) is 0 Å². The first-order chi connectivity index (χ1) is 6.36. The van der Waals surface area contributed by atoms with E-state index in [1.54, 1.807) is 0 Å². The first kappa shape index (κ1) is 8.29. The van der Waals surface area contributed by atoms with Crippen LogP contribution in [-0.2, 0) is 13.2 Å². The maximum atomic E-state index is 9.04. The van der Waals surface area contributed by atoms with Crippen molar-refractivity contribution in [3.05, 3.63) is 35.5 Å². The van der Waals surface area contributed by atoms with E-state index in [9.17, 15) is 0 Å². The Morgan fingerprint density at radius 2 is 1.69 bits per heavy atom. The molecule has 0 unspecified atom stereocenters. The molecule has 2 rings (SSSR count). The van der Waals surface area contributed by atoms with E-state index in [1.807, 2.05) is 24.4 Å². The Labute approximate surface area is 75.6 Å². The zero-order chi connectivity index (χ0) is 9.26. The van der Waals surface area contributed by atoms with Crippen molar-refractivity contribution in [1.82, 2.24) is 4.98 Å². The summed E-state index contributed by atoms with van der Waals surface area (Å²) in [5, 5.41) is 19.1. The van der Waals surface area contributed by atoms with Gasteiger partial charge in [-0.3, -0.25) is 0 Å². The number of H-pyrrole nitrogens is 1. The molecule has 0 bridgehead atoms. The molecule has 0 amide bonds. The SMILES string of the molecule is OCc1ccc(CO)c2[nH]ccc12. The zero-order valence-electron chi connectivity index (χ0n) is 7.12. The van der Waals surface area contributed by atoms with E-state index in [1.165, 1.54) is 0 Å². The van der Waals surface area contributed by atoms with Crippen LogP contribution in [0.3, 0.4) is 0 Å². The van der Waals surface area contributed by atoms with Gasteiger partial charge in [0.05, 0.1) is 18.7 Å². The standard InChI is InChI=1S/C10H11NO2/c12-5-7-1-2-8(6-13)10-9(7)3-4-11-10/h1-4,11-13H,5-6H2. The summed E-state index contributed by atoms with van der Waals surface area (Å²) in [6.45, 7) is 0.0444. The van der Waals surface area contributed by atoms with E-state index in [0.29, 0.717) is 0 Å². The smallest absolute Gasteiger partial charge is 0.0702 e. The van der Waals surface area contributed by atoms with Crippen molar-refractivity contribution in [3.63, 3.8) is 0 Å². The van der Waals surface area contributed by atoms with Crippen molar-refractivity contribution in [3.8, 4) is 0 Å². The van der Waals surface area contributed by atoms with Gasteiger partial charge in [0, 0.05) is 17.1 Å². The van der Waals surface area contributed by atoms with Crippen LogP contribution in [0.5, 0.6) is 0 Å². The molecule has 1 aromatic carbocycles. The Morgan fingerprint density at radius 3 is 2.38 bits per heavy atom. The molecular formula is C10H11NO2. The molecular weight excluding hydrogens is 166 g/mol. The quantitative estimate of drug-likeness (QED) is 0.644. The van der Waals surface area contributed by atoms with Gasteiger partial charge < -0.3 is 15.2 Å². The number of hydrogen-bond acceptors (Lipinski definition) is 2. The van der Waals surface area contributed by atoms with Crippen LogP contribution >= 0.6 is 0 Å². The predicted octanol–water partition coefficient (Wildman–Crippen LogP) is 1.15. The van der Waals surface area contributed by atoms with Crippen molar-refractivity contribution in [2.24, 2.45) is 0 Å². The maximum absolute atomic E-state index is 9.04. The summed E-state index contributed by atoms with van der Waals surface area (Å²) in [7, 11) is 0. The van der Waals surface area contributed by atoms with Gasteiger partial charge in [-0.2, -0.15) is 0 Å². The summed E-state index contributed by atoms with van der Waals surface area (Å²) in [4.78, 5) is 3.04. The van der Waals surface area contributed by atoms with Crippen LogP contribution in [-0.4, -0.2) is 15.2 Å². The van der Waals surface area contributed by atoms with Crippen LogP contribution < -0.4 is 0 Å². The monoisotopic (exact) mass is 177 g/mol. The average molecular weight is 177 g/mol. The molecule has 0 fully saturated rings. The molecule has 3 N–H and O–H groups in total. The number of aromatic amines is 1. The third-order valence-corrected chi connectivity index (χ3v) is 2.24. The third-order valence-electron chi connectivity index (χ3n) is 2.24. The normalized spacial score (nSPS) is 10.9. The topological polar surface area (TPSA) is 56.2 Å².